The number of aliphatic hydroxyl groups is 1. The lowest BCUT2D eigenvalue weighted by molar-refractivity contribution is -0.141. The van der Waals surface area contributed by atoms with E-state index in [2.05, 4.69) is 0 Å². The molecule has 1 N–H and O–H groups in total. The van der Waals surface area contributed by atoms with Gasteiger partial charge in [-0.25, -0.2) is 8.42 Å². The Morgan fingerprint density at radius 1 is 1.10 bits per heavy atom. The number of benzene rings is 2. The lowest BCUT2D eigenvalue weighted by Gasteiger charge is -2.38. The van der Waals surface area contributed by atoms with Gasteiger partial charge in [0, 0.05) is 26.2 Å². The first kappa shape index (κ1) is 30.3. The largest absolute Gasteiger partial charge is 0.497 e. The van der Waals surface area contributed by atoms with Gasteiger partial charge < -0.3 is 19.5 Å². The molecule has 4 rings (SSSR count). The molecule has 2 heterocycles. The third-order valence-corrected chi connectivity index (χ3v) is 9.94. The van der Waals surface area contributed by atoms with Crippen LogP contribution in [0.15, 0.2) is 41.3 Å². The molecule has 1 unspecified atom stereocenters. The summed E-state index contributed by atoms with van der Waals surface area (Å²) in [6.45, 7) is 4.53. The molecule has 2 saturated heterocycles. The van der Waals surface area contributed by atoms with E-state index in [0.717, 1.165) is 12.1 Å². The Labute approximate surface area is 232 Å². The fourth-order valence-corrected chi connectivity index (χ4v) is 7.46. The van der Waals surface area contributed by atoms with Gasteiger partial charge >= 0.3 is 6.18 Å². The molecule has 2 aliphatic rings. The first-order valence-electron chi connectivity index (χ1n) is 13.2. The first-order valence-corrected chi connectivity index (χ1v) is 14.6. The van der Waals surface area contributed by atoms with Crippen LogP contribution < -0.4 is 4.74 Å². The zero-order valence-corrected chi connectivity index (χ0v) is 23.6. The maximum atomic E-state index is 13.3. The van der Waals surface area contributed by atoms with Gasteiger partial charge in [-0.05, 0) is 80.0 Å². The summed E-state index contributed by atoms with van der Waals surface area (Å²) >= 11 is 0. The van der Waals surface area contributed by atoms with Gasteiger partial charge in [0.15, 0.2) is 0 Å². The van der Waals surface area contributed by atoms with Crippen LogP contribution in [0.4, 0.5) is 13.2 Å². The number of rotatable bonds is 8. The van der Waals surface area contributed by atoms with E-state index in [-0.39, 0.29) is 68.0 Å². The quantitative estimate of drug-likeness (QED) is 0.506. The molecule has 0 spiro atoms. The molecule has 220 valence electrons. The van der Waals surface area contributed by atoms with E-state index in [1.807, 2.05) is 0 Å². The summed E-state index contributed by atoms with van der Waals surface area (Å²) in [5, 5.41) is 11.0. The van der Waals surface area contributed by atoms with Crippen molar-refractivity contribution in [3.8, 4) is 5.75 Å². The number of ether oxygens (including phenoxy) is 2. The van der Waals surface area contributed by atoms with Crippen molar-refractivity contribution in [3.05, 3.63) is 58.7 Å². The molecule has 2 fully saturated rings. The second-order valence-corrected chi connectivity index (χ2v) is 12.5. The van der Waals surface area contributed by atoms with Gasteiger partial charge in [0.25, 0.3) is 0 Å². The number of carbonyl (C=O) groups excluding carboxylic acids is 1. The topological polar surface area (TPSA) is 96.4 Å². The number of aryl methyl sites for hydroxylation is 2. The van der Waals surface area contributed by atoms with Crippen molar-refractivity contribution in [3.63, 3.8) is 0 Å². The van der Waals surface area contributed by atoms with Crippen LogP contribution in [-0.4, -0.2) is 75.1 Å². The number of halogens is 3. The fourth-order valence-electron chi connectivity index (χ4n) is 5.52. The standard InChI is InChI=1S/C28H35F3N2O6S/c1-19-13-24(38-3)14-20(2)26(19)40(36,37)33-10-7-21(16-33)17-39-18-25(34)32-11-8-27(35,9-12-32)22-5-4-6-23(15-22)28(29,30)31/h4-6,13-15,21,35H,7-12,16-18H2,1-3H3. The van der Waals surface area contributed by atoms with E-state index < -0.39 is 27.4 Å². The average Bonchev–Trinajstić information content (AvgIpc) is 3.38. The van der Waals surface area contributed by atoms with Crippen molar-refractivity contribution in [2.45, 2.75) is 49.8 Å². The monoisotopic (exact) mass is 584 g/mol. The number of hydrogen-bond donors (Lipinski definition) is 1. The summed E-state index contributed by atoms with van der Waals surface area (Å²) in [5.74, 6) is 0.257. The summed E-state index contributed by atoms with van der Waals surface area (Å²) in [7, 11) is -2.17. The van der Waals surface area contributed by atoms with Gasteiger partial charge in [0.1, 0.15) is 12.4 Å². The molecule has 1 atom stereocenters. The van der Waals surface area contributed by atoms with E-state index in [9.17, 15) is 31.5 Å². The van der Waals surface area contributed by atoms with Crippen LogP contribution in [0, 0.1) is 19.8 Å². The number of sulfonamides is 1. The third kappa shape index (κ3) is 6.45. The van der Waals surface area contributed by atoms with Crippen LogP contribution >= 0.6 is 0 Å². The van der Waals surface area contributed by atoms with E-state index in [0.29, 0.717) is 29.8 Å². The minimum absolute atomic E-state index is 0.0613. The molecule has 1 amide bonds. The van der Waals surface area contributed by atoms with Crippen LogP contribution in [-0.2, 0) is 31.3 Å². The smallest absolute Gasteiger partial charge is 0.416 e. The first-order chi connectivity index (χ1) is 18.7. The molecular weight excluding hydrogens is 549 g/mol. The van der Waals surface area contributed by atoms with Crippen molar-refractivity contribution in [2.24, 2.45) is 5.92 Å². The molecule has 0 bridgehead atoms. The minimum atomic E-state index is -4.51. The second-order valence-electron chi connectivity index (χ2n) is 10.6. The third-order valence-electron chi connectivity index (χ3n) is 7.77. The normalized spacial score (nSPS) is 20.1. The Bertz CT molecular complexity index is 1320. The van der Waals surface area contributed by atoms with E-state index in [1.165, 1.54) is 28.4 Å². The molecule has 0 radical (unpaired) electrons. The lowest BCUT2D eigenvalue weighted by atomic mass is 9.83. The van der Waals surface area contributed by atoms with E-state index >= 15 is 0 Å². The predicted molar refractivity (Wildman–Crippen MR) is 141 cm³/mol. The van der Waals surface area contributed by atoms with E-state index in [1.54, 1.807) is 26.0 Å². The van der Waals surface area contributed by atoms with Crippen molar-refractivity contribution in [2.75, 3.05) is 46.5 Å². The molecule has 12 heteroatoms. The highest BCUT2D eigenvalue weighted by Crippen LogP contribution is 2.37. The summed E-state index contributed by atoms with van der Waals surface area (Å²) in [5.41, 5.74) is -0.852. The van der Waals surface area contributed by atoms with Gasteiger partial charge in [-0.2, -0.15) is 17.5 Å². The number of hydrogen-bond acceptors (Lipinski definition) is 6. The van der Waals surface area contributed by atoms with Crippen LogP contribution in [0.25, 0.3) is 0 Å². The second kappa shape index (κ2) is 11.7. The van der Waals surface area contributed by atoms with Gasteiger partial charge in [-0.15, -0.1) is 0 Å². The van der Waals surface area contributed by atoms with Crippen molar-refractivity contribution in [1.29, 1.82) is 0 Å². The zero-order valence-electron chi connectivity index (χ0n) is 22.8. The molecule has 0 saturated carbocycles. The average molecular weight is 585 g/mol. The molecular formula is C28H35F3N2O6S. The maximum Gasteiger partial charge on any atom is 0.416 e. The Morgan fingerprint density at radius 3 is 2.35 bits per heavy atom. The van der Waals surface area contributed by atoms with Gasteiger partial charge in [0.05, 0.1) is 29.8 Å². The zero-order chi connectivity index (χ0) is 29.3. The van der Waals surface area contributed by atoms with Gasteiger partial charge in [-0.3, -0.25) is 4.79 Å². The van der Waals surface area contributed by atoms with Gasteiger partial charge in [0.2, 0.25) is 15.9 Å². The summed E-state index contributed by atoms with van der Waals surface area (Å²) in [6, 6.07) is 8.06. The summed E-state index contributed by atoms with van der Waals surface area (Å²) in [4.78, 5) is 14.5. The molecule has 2 aromatic rings. The molecule has 0 aliphatic carbocycles. The molecule has 2 aromatic carbocycles. The SMILES string of the molecule is COc1cc(C)c(S(=O)(=O)N2CCC(COCC(=O)N3CCC(O)(c4cccc(C(F)(F)F)c4)CC3)C2)c(C)c1. The van der Waals surface area contributed by atoms with Crippen LogP contribution in [0.2, 0.25) is 0 Å². The summed E-state index contributed by atoms with van der Waals surface area (Å²) in [6.07, 6.45) is -3.68. The number of carbonyl (C=O) groups is 1. The maximum absolute atomic E-state index is 13.3. The number of amides is 1. The fraction of sp³-hybridized carbons (Fsp3) is 0.536. The molecule has 2 aliphatic heterocycles. The number of alkyl halides is 3. The minimum Gasteiger partial charge on any atom is -0.497 e. The Balaban J connectivity index is 1.26. The highest BCUT2D eigenvalue weighted by molar-refractivity contribution is 7.89. The highest BCUT2D eigenvalue weighted by atomic mass is 32.2. The van der Waals surface area contributed by atoms with Gasteiger partial charge in [-0.1, -0.05) is 12.1 Å². The van der Waals surface area contributed by atoms with Crippen LogP contribution in [0.5, 0.6) is 5.75 Å². The van der Waals surface area contributed by atoms with Crippen LogP contribution in [0.1, 0.15) is 41.5 Å². The van der Waals surface area contributed by atoms with E-state index in [4.69, 9.17) is 9.47 Å². The number of methoxy groups -OCH3 is 1. The Morgan fingerprint density at radius 2 is 1.75 bits per heavy atom. The highest BCUT2D eigenvalue weighted by Gasteiger charge is 2.38. The lowest BCUT2D eigenvalue weighted by Crippen LogP contribution is -2.46. The van der Waals surface area contributed by atoms with Crippen LogP contribution in [0.3, 0.4) is 0 Å². The Hall–Kier alpha value is -2.67. The summed E-state index contributed by atoms with van der Waals surface area (Å²) < 4.78 is 78.3. The predicted octanol–water partition coefficient (Wildman–Crippen LogP) is 3.87. The van der Waals surface area contributed by atoms with Crippen molar-refractivity contribution in [1.82, 2.24) is 9.21 Å². The molecule has 8 nitrogen and oxygen atoms in total. The van der Waals surface area contributed by atoms with Crippen molar-refractivity contribution < 1.29 is 41.0 Å². The Kier molecular flexibility index (Phi) is 8.84. The molecule has 0 aromatic heterocycles. The van der Waals surface area contributed by atoms with Crippen molar-refractivity contribution >= 4 is 15.9 Å². The number of likely N-dealkylation sites (tertiary alicyclic amines) is 1. The molecule has 40 heavy (non-hydrogen) atoms. The number of piperidine rings is 1. The number of nitrogens with zero attached hydrogens (tertiary/aromatic N) is 2.